The molecule has 2 fully saturated rings. The third-order valence-corrected chi connectivity index (χ3v) is 7.59. The summed E-state index contributed by atoms with van der Waals surface area (Å²) < 4.78 is 0. The maximum Gasteiger partial charge on any atom is 0.230 e. The zero-order valence-corrected chi connectivity index (χ0v) is 15.4. The number of nitrogens with one attached hydrogen (secondary N) is 1. The van der Waals surface area contributed by atoms with Gasteiger partial charge < -0.3 is 10.4 Å². The molecule has 0 radical (unpaired) electrons. The van der Waals surface area contributed by atoms with Crippen LogP contribution in [0.15, 0.2) is 23.8 Å². The number of aliphatic hydroxyl groups is 1. The normalized spacial score (nSPS) is 49.5. The number of amides is 1. The van der Waals surface area contributed by atoms with Gasteiger partial charge in [0, 0.05) is 12.0 Å². The molecule has 4 rings (SSSR count). The largest absolute Gasteiger partial charge is 0.384 e. The van der Waals surface area contributed by atoms with Gasteiger partial charge in [-0.1, -0.05) is 44.6 Å². The van der Waals surface area contributed by atoms with Gasteiger partial charge in [-0.15, -0.1) is 0 Å². The van der Waals surface area contributed by atoms with E-state index in [-0.39, 0.29) is 29.7 Å². The molecular formula is C21H31NO2. The maximum absolute atomic E-state index is 13.4. The Kier molecular flexibility index (Phi) is 3.55. The lowest BCUT2D eigenvalue weighted by molar-refractivity contribution is -0.176. The first-order valence-electron chi connectivity index (χ1n) is 9.71. The van der Waals surface area contributed by atoms with Crippen LogP contribution in [0.25, 0.3) is 0 Å². The van der Waals surface area contributed by atoms with E-state index in [4.69, 9.17) is 0 Å². The van der Waals surface area contributed by atoms with Crippen LogP contribution in [0.5, 0.6) is 0 Å². The van der Waals surface area contributed by atoms with Gasteiger partial charge in [0.25, 0.3) is 0 Å². The molecule has 24 heavy (non-hydrogen) atoms. The van der Waals surface area contributed by atoms with Crippen LogP contribution in [0, 0.1) is 35.0 Å². The van der Waals surface area contributed by atoms with E-state index in [1.165, 1.54) is 5.57 Å². The third kappa shape index (κ3) is 1.80. The summed E-state index contributed by atoms with van der Waals surface area (Å²) >= 11 is 0. The average Bonchev–Trinajstić information content (AvgIpc) is 3.01. The lowest BCUT2D eigenvalue weighted by Crippen LogP contribution is -2.65. The van der Waals surface area contributed by atoms with Crippen molar-refractivity contribution in [1.29, 1.82) is 0 Å². The monoisotopic (exact) mass is 329 g/mol. The molecule has 7 atom stereocenters. The highest BCUT2D eigenvalue weighted by Crippen LogP contribution is 2.66. The summed E-state index contributed by atoms with van der Waals surface area (Å²) in [5, 5.41) is 15.2. The summed E-state index contributed by atoms with van der Waals surface area (Å²) in [6, 6.07) is 0.176. The summed E-state index contributed by atoms with van der Waals surface area (Å²) in [6.07, 6.45) is 10.4. The van der Waals surface area contributed by atoms with Crippen molar-refractivity contribution in [2.75, 3.05) is 0 Å². The van der Waals surface area contributed by atoms with Crippen LogP contribution < -0.4 is 5.32 Å². The molecule has 4 aliphatic rings. The molecule has 7 unspecified atom stereocenters. The maximum atomic E-state index is 13.4. The molecule has 2 N–H and O–H groups in total. The van der Waals surface area contributed by atoms with Gasteiger partial charge in [-0.05, 0) is 56.3 Å². The highest BCUT2D eigenvalue weighted by atomic mass is 16.3. The van der Waals surface area contributed by atoms with E-state index in [0.717, 1.165) is 25.7 Å². The Morgan fingerprint density at radius 2 is 2.12 bits per heavy atom. The van der Waals surface area contributed by atoms with E-state index in [1.54, 1.807) is 0 Å². The van der Waals surface area contributed by atoms with E-state index in [9.17, 15) is 9.90 Å². The SMILES string of the molecule is CC1=CC2CCC3CC=CC3(O)C23C(=O)NC(CC(C)C)C3C1C. The minimum absolute atomic E-state index is 0.109. The number of fused-ring (bicyclic) bond motifs is 1. The summed E-state index contributed by atoms with van der Waals surface area (Å²) in [5.74, 6) is 1.55. The Bertz CT molecular complexity index is 621. The van der Waals surface area contributed by atoms with Crippen LogP contribution in [0.1, 0.15) is 53.4 Å². The Morgan fingerprint density at radius 3 is 2.83 bits per heavy atom. The topological polar surface area (TPSA) is 49.3 Å². The zero-order valence-electron chi connectivity index (χ0n) is 15.4. The van der Waals surface area contributed by atoms with Crippen LogP contribution in [-0.4, -0.2) is 22.7 Å². The Labute approximate surface area is 145 Å². The van der Waals surface area contributed by atoms with Gasteiger partial charge in [0.2, 0.25) is 5.91 Å². The van der Waals surface area contributed by atoms with Gasteiger partial charge in [0.05, 0.1) is 5.41 Å². The van der Waals surface area contributed by atoms with Crippen molar-refractivity contribution in [3.8, 4) is 0 Å². The predicted octanol–water partition coefficient (Wildman–Crippen LogP) is 3.45. The van der Waals surface area contributed by atoms with Gasteiger partial charge in [0.15, 0.2) is 0 Å². The quantitative estimate of drug-likeness (QED) is 0.762. The van der Waals surface area contributed by atoms with Gasteiger partial charge in [0.1, 0.15) is 5.60 Å². The fourth-order valence-electron chi connectivity index (χ4n) is 6.58. The van der Waals surface area contributed by atoms with Gasteiger partial charge in [-0.25, -0.2) is 0 Å². The smallest absolute Gasteiger partial charge is 0.230 e. The fraction of sp³-hybridized carbons (Fsp3) is 0.762. The molecule has 1 saturated carbocycles. The van der Waals surface area contributed by atoms with Crippen LogP contribution in [0.4, 0.5) is 0 Å². The Hall–Kier alpha value is -1.09. The van der Waals surface area contributed by atoms with Crippen LogP contribution in [0.2, 0.25) is 0 Å². The average molecular weight is 329 g/mol. The molecule has 0 aromatic heterocycles. The Balaban J connectivity index is 1.90. The van der Waals surface area contributed by atoms with E-state index < -0.39 is 11.0 Å². The summed E-state index contributed by atoms with van der Waals surface area (Å²) in [7, 11) is 0. The van der Waals surface area contributed by atoms with Crippen LogP contribution in [0.3, 0.4) is 0 Å². The fourth-order valence-corrected chi connectivity index (χ4v) is 6.58. The second kappa shape index (κ2) is 5.20. The lowest BCUT2D eigenvalue weighted by atomic mass is 9.45. The number of carbonyl (C=O) groups excluding carboxylic acids is 1. The number of allylic oxidation sites excluding steroid dienone is 3. The molecule has 1 aliphatic heterocycles. The van der Waals surface area contributed by atoms with Crippen molar-refractivity contribution in [3.63, 3.8) is 0 Å². The molecule has 0 bridgehead atoms. The second-order valence-corrected chi connectivity index (χ2v) is 9.15. The van der Waals surface area contributed by atoms with E-state index in [2.05, 4.69) is 45.2 Å². The minimum atomic E-state index is -0.970. The predicted molar refractivity (Wildman–Crippen MR) is 95.2 cm³/mol. The van der Waals surface area contributed by atoms with Crippen LogP contribution >= 0.6 is 0 Å². The van der Waals surface area contributed by atoms with Crippen molar-refractivity contribution in [2.24, 2.45) is 35.0 Å². The summed E-state index contributed by atoms with van der Waals surface area (Å²) in [4.78, 5) is 13.4. The van der Waals surface area contributed by atoms with Gasteiger partial charge in [-0.3, -0.25) is 4.79 Å². The Morgan fingerprint density at radius 1 is 1.38 bits per heavy atom. The van der Waals surface area contributed by atoms with Crippen LogP contribution in [-0.2, 0) is 4.79 Å². The first-order valence-corrected chi connectivity index (χ1v) is 9.71. The van der Waals surface area contributed by atoms with Crippen molar-refractivity contribution < 1.29 is 9.90 Å². The first kappa shape index (κ1) is 16.4. The zero-order chi connectivity index (χ0) is 17.3. The molecule has 1 heterocycles. The number of hydrogen-bond donors (Lipinski definition) is 2. The first-order chi connectivity index (χ1) is 11.3. The highest BCUT2D eigenvalue weighted by Gasteiger charge is 2.73. The number of rotatable bonds is 2. The van der Waals surface area contributed by atoms with Crippen molar-refractivity contribution in [3.05, 3.63) is 23.8 Å². The number of carbonyl (C=O) groups is 1. The van der Waals surface area contributed by atoms with E-state index in [1.807, 2.05) is 6.08 Å². The second-order valence-electron chi connectivity index (χ2n) is 9.15. The van der Waals surface area contributed by atoms with Crippen molar-refractivity contribution >= 4 is 5.91 Å². The van der Waals surface area contributed by atoms with Gasteiger partial charge >= 0.3 is 0 Å². The summed E-state index contributed by atoms with van der Waals surface area (Å²) in [5.41, 5.74) is -0.238. The molecule has 0 aromatic carbocycles. The summed E-state index contributed by atoms with van der Waals surface area (Å²) in [6.45, 7) is 8.91. The van der Waals surface area contributed by atoms with Crippen molar-refractivity contribution in [1.82, 2.24) is 5.32 Å². The molecule has 0 aromatic rings. The van der Waals surface area contributed by atoms with E-state index >= 15 is 0 Å². The number of hydrogen-bond acceptors (Lipinski definition) is 2. The molecule has 1 saturated heterocycles. The van der Waals surface area contributed by atoms with Gasteiger partial charge in [-0.2, -0.15) is 0 Å². The third-order valence-electron chi connectivity index (χ3n) is 7.59. The van der Waals surface area contributed by atoms with Crippen molar-refractivity contribution in [2.45, 2.75) is 65.0 Å². The minimum Gasteiger partial charge on any atom is -0.384 e. The lowest BCUT2D eigenvalue weighted by Gasteiger charge is -2.58. The van der Waals surface area contributed by atoms with E-state index in [0.29, 0.717) is 11.8 Å². The molecule has 1 amide bonds. The molecular weight excluding hydrogens is 298 g/mol. The molecule has 1 spiro atoms. The molecule has 3 nitrogen and oxygen atoms in total. The standard InChI is InChI=1S/C21H31NO2/c1-12(2)10-17-18-14(4)13(3)11-16-8-7-15-6-5-9-20(15,24)21(16,18)19(23)22-17/h5,9,11-12,14-18,24H,6-8,10H2,1-4H3,(H,22,23). The molecule has 3 heteroatoms. The highest BCUT2D eigenvalue weighted by molar-refractivity contribution is 5.89. The molecule has 3 aliphatic carbocycles. The molecule has 132 valence electrons.